The molecule has 0 heterocycles. The molecule has 100 valence electrons. The summed E-state index contributed by atoms with van der Waals surface area (Å²) >= 11 is 0. The summed E-state index contributed by atoms with van der Waals surface area (Å²) in [6.45, 7) is 4.19. The van der Waals surface area contributed by atoms with Gasteiger partial charge in [-0.25, -0.2) is 0 Å². The first kappa shape index (κ1) is 13.4. The van der Waals surface area contributed by atoms with Gasteiger partial charge >= 0.3 is 0 Å². The standard InChI is InChI=1S/C15H24N2O/c1-11-4-5-15(18-3)13(6-11)10-17(2)9-12-7-14(16)8-12/h4-6,12,14H,7-10,16H2,1-3H3. The average molecular weight is 248 g/mol. The molecule has 18 heavy (non-hydrogen) atoms. The summed E-state index contributed by atoms with van der Waals surface area (Å²) in [7, 11) is 3.91. The SMILES string of the molecule is COc1ccc(C)cc1CN(C)CC1CC(N)C1. The molecule has 0 atom stereocenters. The summed E-state index contributed by atoms with van der Waals surface area (Å²) in [6.07, 6.45) is 2.35. The maximum atomic E-state index is 5.82. The summed E-state index contributed by atoms with van der Waals surface area (Å²) in [5.74, 6) is 1.76. The zero-order valence-corrected chi connectivity index (χ0v) is 11.6. The van der Waals surface area contributed by atoms with Gasteiger partial charge in [-0.3, -0.25) is 0 Å². The number of ether oxygens (including phenoxy) is 1. The molecule has 0 amide bonds. The number of methoxy groups -OCH3 is 1. The van der Waals surface area contributed by atoms with Crippen LogP contribution in [0.15, 0.2) is 18.2 Å². The fourth-order valence-electron chi connectivity index (χ4n) is 2.76. The van der Waals surface area contributed by atoms with Crippen LogP contribution in [-0.2, 0) is 6.54 Å². The van der Waals surface area contributed by atoms with Gasteiger partial charge in [0.25, 0.3) is 0 Å². The summed E-state index contributed by atoms with van der Waals surface area (Å²) in [6, 6.07) is 6.80. The second-order valence-electron chi connectivity index (χ2n) is 5.61. The van der Waals surface area contributed by atoms with Crippen molar-refractivity contribution in [2.75, 3.05) is 20.7 Å². The van der Waals surface area contributed by atoms with Crippen LogP contribution >= 0.6 is 0 Å². The molecule has 1 aromatic carbocycles. The molecule has 0 aromatic heterocycles. The predicted octanol–water partition coefficient (Wildman–Crippen LogP) is 2.17. The molecule has 1 aliphatic carbocycles. The summed E-state index contributed by atoms with van der Waals surface area (Å²) in [5, 5.41) is 0. The Bertz CT molecular complexity index is 399. The molecule has 1 aromatic rings. The minimum Gasteiger partial charge on any atom is -0.496 e. The van der Waals surface area contributed by atoms with Crippen molar-refractivity contribution in [1.82, 2.24) is 4.90 Å². The first-order valence-corrected chi connectivity index (χ1v) is 6.66. The Labute approximate surface area is 110 Å². The number of benzene rings is 1. The molecule has 0 unspecified atom stereocenters. The number of nitrogens with zero attached hydrogens (tertiary/aromatic N) is 1. The van der Waals surface area contributed by atoms with E-state index in [4.69, 9.17) is 10.5 Å². The minimum absolute atomic E-state index is 0.442. The second-order valence-corrected chi connectivity index (χ2v) is 5.61. The third-order valence-electron chi connectivity index (χ3n) is 3.72. The average Bonchev–Trinajstić information content (AvgIpc) is 2.27. The fourth-order valence-corrected chi connectivity index (χ4v) is 2.76. The van der Waals surface area contributed by atoms with Crippen LogP contribution < -0.4 is 10.5 Å². The van der Waals surface area contributed by atoms with Crippen LogP contribution in [-0.4, -0.2) is 31.6 Å². The van der Waals surface area contributed by atoms with Gasteiger partial charge in [0, 0.05) is 24.7 Å². The van der Waals surface area contributed by atoms with E-state index in [9.17, 15) is 0 Å². The van der Waals surface area contributed by atoms with E-state index in [0.29, 0.717) is 6.04 Å². The van der Waals surface area contributed by atoms with Crippen molar-refractivity contribution >= 4 is 0 Å². The summed E-state index contributed by atoms with van der Waals surface area (Å²) < 4.78 is 5.42. The van der Waals surface area contributed by atoms with Crippen LogP contribution in [0.25, 0.3) is 0 Å². The maximum Gasteiger partial charge on any atom is 0.123 e. The Morgan fingerprint density at radius 3 is 2.72 bits per heavy atom. The van der Waals surface area contributed by atoms with Crippen molar-refractivity contribution in [3.63, 3.8) is 0 Å². The van der Waals surface area contributed by atoms with Crippen molar-refractivity contribution in [3.8, 4) is 5.75 Å². The van der Waals surface area contributed by atoms with E-state index in [2.05, 4.69) is 37.1 Å². The quantitative estimate of drug-likeness (QED) is 0.868. The molecular formula is C15H24N2O. The largest absolute Gasteiger partial charge is 0.496 e. The third-order valence-corrected chi connectivity index (χ3v) is 3.72. The Morgan fingerprint density at radius 1 is 1.39 bits per heavy atom. The molecule has 2 N–H and O–H groups in total. The third kappa shape index (κ3) is 3.24. The van der Waals surface area contributed by atoms with E-state index >= 15 is 0 Å². The number of hydrogen-bond acceptors (Lipinski definition) is 3. The molecule has 0 aliphatic heterocycles. The van der Waals surface area contributed by atoms with Gasteiger partial charge in [-0.1, -0.05) is 17.7 Å². The lowest BCUT2D eigenvalue weighted by atomic mass is 9.80. The highest BCUT2D eigenvalue weighted by Crippen LogP contribution is 2.27. The van der Waals surface area contributed by atoms with Gasteiger partial charge in [-0.05, 0) is 38.8 Å². The van der Waals surface area contributed by atoms with Gasteiger partial charge in [-0.2, -0.15) is 0 Å². The fraction of sp³-hybridized carbons (Fsp3) is 0.600. The molecule has 1 saturated carbocycles. The van der Waals surface area contributed by atoms with Crippen LogP contribution in [0.3, 0.4) is 0 Å². The highest BCUT2D eigenvalue weighted by Gasteiger charge is 2.26. The zero-order chi connectivity index (χ0) is 13.1. The Balaban J connectivity index is 1.93. The van der Waals surface area contributed by atoms with Crippen molar-refractivity contribution in [1.29, 1.82) is 0 Å². The van der Waals surface area contributed by atoms with E-state index in [1.807, 2.05) is 0 Å². The number of hydrogen-bond donors (Lipinski definition) is 1. The van der Waals surface area contributed by atoms with Gasteiger partial charge in [0.05, 0.1) is 7.11 Å². The van der Waals surface area contributed by atoms with Crippen molar-refractivity contribution < 1.29 is 4.74 Å². The molecule has 3 nitrogen and oxygen atoms in total. The topological polar surface area (TPSA) is 38.5 Å². The highest BCUT2D eigenvalue weighted by molar-refractivity contribution is 5.36. The molecule has 1 fully saturated rings. The first-order valence-electron chi connectivity index (χ1n) is 6.66. The smallest absolute Gasteiger partial charge is 0.123 e. The maximum absolute atomic E-state index is 5.82. The molecule has 0 radical (unpaired) electrons. The van der Waals surface area contributed by atoms with Gasteiger partial charge < -0.3 is 15.4 Å². The predicted molar refractivity (Wildman–Crippen MR) is 74.8 cm³/mol. The van der Waals surface area contributed by atoms with Gasteiger partial charge in [0.15, 0.2) is 0 Å². The lowest BCUT2D eigenvalue weighted by Crippen LogP contribution is -2.41. The van der Waals surface area contributed by atoms with Crippen molar-refractivity contribution in [2.45, 2.75) is 32.4 Å². The first-order chi connectivity index (χ1) is 8.58. The zero-order valence-electron chi connectivity index (χ0n) is 11.6. The van der Waals surface area contributed by atoms with Gasteiger partial charge in [-0.15, -0.1) is 0 Å². The molecule has 0 spiro atoms. The van der Waals surface area contributed by atoms with E-state index in [1.165, 1.54) is 24.0 Å². The van der Waals surface area contributed by atoms with Gasteiger partial charge in [0.2, 0.25) is 0 Å². The minimum atomic E-state index is 0.442. The highest BCUT2D eigenvalue weighted by atomic mass is 16.5. The Morgan fingerprint density at radius 2 is 2.11 bits per heavy atom. The summed E-state index contributed by atoms with van der Waals surface area (Å²) in [5.41, 5.74) is 8.37. The van der Waals surface area contributed by atoms with Crippen LogP contribution in [0.2, 0.25) is 0 Å². The monoisotopic (exact) mass is 248 g/mol. The van der Waals surface area contributed by atoms with E-state index in [0.717, 1.165) is 24.8 Å². The Hall–Kier alpha value is -1.06. The molecule has 2 rings (SSSR count). The molecular weight excluding hydrogens is 224 g/mol. The molecule has 1 aliphatic rings. The van der Waals surface area contributed by atoms with Crippen LogP contribution in [0.4, 0.5) is 0 Å². The van der Waals surface area contributed by atoms with E-state index in [1.54, 1.807) is 7.11 Å². The van der Waals surface area contributed by atoms with E-state index in [-0.39, 0.29) is 0 Å². The lowest BCUT2D eigenvalue weighted by Gasteiger charge is -2.35. The van der Waals surface area contributed by atoms with Crippen molar-refractivity contribution in [3.05, 3.63) is 29.3 Å². The number of aryl methyl sites for hydroxylation is 1. The molecule has 3 heteroatoms. The van der Waals surface area contributed by atoms with Crippen LogP contribution in [0.5, 0.6) is 5.75 Å². The summed E-state index contributed by atoms with van der Waals surface area (Å²) in [4.78, 5) is 2.37. The normalized spacial score (nSPS) is 22.9. The van der Waals surface area contributed by atoms with Crippen LogP contribution in [0, 0.1) is 12.8 Å². The van der Waals surface area contributed by atoms with Crippen LogP contribution in [0.1, 0.15) is 24.0 Å². The Kier molecular flexibility index (Phi) is 4.25. The molecule has 0 bridgehead atoms. The lowest BCUT2D eigenvalue weighted by molar-refractivity contribution is 0.177. The van der Waals surface area contributed by atoms with Crippen molar-refractivity contribution in [2.24, 2.45) is 11.7 Å². The van der Waals surface area contributed by atoms with Gasteiger partial charge in [0.1, 0.15) is 5.75 Å². The van der Waals surface area contributed by atoms with E-state index < -0.39 is 0 Å². The second kappa shape index (κ2) is 5.72. The number of nitrogens with two attached hydrogens (primary N) is 1. The number of rotatable bonds is 5. The molecule has 0 saturated heterocycles.